The number of hydrogen-bond acceptors (Lipinski definition) is 4. The lowest BCUT2D eigenvalue weighted by Gasteiger charge is -2.24. The van der Waals surface area contributed by atoms with Crippen molar-refractivity contribution in [3.8, 4) is 0 Å². The Bertz CT molecular complexity index is 710. The molecular weight excluding hydrogens is 364 g/mol. The second-order valence-electron chi connectivity index (χ2n) is 6.60. The Labute approximate surface area is 164 Å². The standard InChI is InChI=1S/C20H24N2O2S2/c1-16(14-17-6-3-2-4-7-17)15-18-19(23)22(20(25)26-18)9-5-8-21-10-12-24-13-11-21/h2-4,6-7,14-15H,5,8-13H2,1H3/p+1/b16-14-,18-15-. The summed E-state index contributed by atoms with van der Waals surface area (Å²) in [6.07, 6.45) is 4.99. The number of allylic oxidation sites excluding steroid dienone is 2. The van der Waals surface area contributed by atoms with Gasteiger partial charge >= 0.3 is 0 Å². The number of thioether (sulfide) groups is 1. The molecule has 2 aliphatic heterocycles. The van der Waals surface area contributed by atoms with Crippen molar-refractivity contribution in [1.82, 2.24) is 4.90 Å². The molecule has 6 heteroatoms. The van der Waals surface area contributed by atoms with Crippen molar-refractivity contribution in [2.45, 2.75) is 13.3 Å². The Morgan fingerprint density at radius 3 is 2.77 bits per heavy atom. The van der Waals surface area contributed by atoms with Crippen LogP contribution in [0.4, 0.5) is 0 Å². The monoisotopic (exact) mass is 389 g/mol. The normalized spacial score (nSPS) is 21.0. The quantitative estimate of drug-likeness (QED) is 0.597. The SMILES string of the molecule is CC(=C/c1ccccc1)/C=C1\SC(=S)N(CCC[NH+]2CCOCC2)C1=O. The van der Waals surface area contributed by atoms with Gasteiger partial charge in [0, 0.05) is 13.0 Å². The molecule has 0 bridgehead atoms. The number of nitrogens with zero attached hydrogens (tertiary/aromatic N) is 1. The number of quaternary nitrogens is 1. The Kier molecular flexibility index (Phi) is 7.02. The summed E-state index contributed by atoms with van der Waals surface area (Å²) < 4.78 is 6.06. The molecule has 2 aliphatic rings. The molecule has 2 saturated heterocycles. The molecule has 26 heavy (non-hydrogen) atoms. The molecule has 0 aromatic heterocycles. The van der Waals surface area contributed by atoms with Gasteiger partial charge in [0.1, 0.15) is 17.4 Å². The van der Waals surface area contributed by atoms with Crippen LogP contribution in [-0.4, -0.2) is 54.5 Å². The van der Waals surface area contributed by atoms with Gasteiger partial charge in [-0.1, -0.05) is 60.4 Å². The lowest BCUT2D eigenvalue weighted by atomic mass is 10.1. The topological polar surface area (TPSA) is 34.0 Å². The highest BCUT2D eigenvalue weighted by Crippen LogP contribution is 2.32. The van der Waals surface area contributed by atoms with E-state index in [1.807, 2.05) is 31.2 Å². The number of thiocarbonyl (C=S) groups is 1. The van der Waals surface area contributed by atoms with Gasteiger partial charge in [-0.05, 0) is 24.1 Å². The van der Waals surface area contributed by atoms with Gasteiger partial charge in [-0.3, -0.25) is 9.69 Å². The van der Waals surface area contributed by atoms with Crippen molar-refractivity contribution in [3.63, 3.8) is 0 Å². The number of amides is 1. The van der Waals surface area contributed by atoms with E-state index in [9.17, 15) is 4.79 Å². The molecule has 0 aliphatic carbocycles. The van der Waals surface area contributed by atoms with Crippen LogP contribution in [0.25, 0.3) is 6.08 Å². The van der Waals surface area contributed by atoms with Crippen molar-refractivity contribution >= 4 is 40.3 Å². The Morgan fingerprint density at radius 2 is 2.04 bits per heavy atom. The van der Waals surface area contributed by atoms with Crippen LogP contribution >= 0.6 is 24.0 Å². The van der Waals surface area contributed by atoms with E-state index in [-0.39, 0.29) is 5.91 Å². The fourth-order valence-corrected chi connectivity index (χ4v) is 4.51. The van der Waals surface area contributed by atoms with E-state index in [1.54, 1.807) is 9.80 Å². The van der Waals surface area contributed by atoms with E-state index in [0.29, 0.717) is 10.9 Å². The lowest BCUT2D eigenvalue weighted by molar-refractivity contribution is -0.908. The molecule has 2 fully saturated rings. The minimum atomic E-state index is 0.0396. The molecule has 0 saturated carbocycles. The second kappa shape index (κ2) is 9.46. The highest BCUT2D eigenvalue weighted by molar-refractivity contribution is 8.26. The van der Waals surface area contributed by atoms with Gasteiger partial charge in [0.15, 0.2) is 0 Å². The van der Waals surface area contributed by atoms with Gasteiger partial charge < -0.3 is 9.64 Å². The van der Waals surface area contributed by atoms with E-state index in [1.165, 1.54) is 11.8 Å². The number of morpholine rings is 1. The first-order valence-electron chi connectivity index (χ1n) is 9.03. The van der Waals surface area contributed by atoms with Crippen LogP contribution in [-0.2, 0) is 9.53 Å². The molecule has 2 heterocycles. The third-order valence-corrected chi connectivity index (χ3v) is 5.92. The average molecular weight is 390 g/mol. The summed E-state index contributed by atoms with van der Waals surface area (Å²) >= 11 is 6.84. The molecule has 1 aromatic carbocycles. The largest absolute Gasteiger partial charge is 0.370 e. The lowest BCUT2D eigenvalue weighted by Crippen LogP contribution is -3.14. The number of ether oxygens (including phenoxy) is 1. The average Bonchev–Trinajstić information content (AvgIpc) is 2.90. The van der Waals surface area contributed by atoms with Crippen LogP contribution in [0.15, 0.2) is 46.9 Å². The van der Waals surface area contributed by atoms with Gasteiger partial charge in [-0.15, -0.1) is 0 Å². The predicted octanol–water partition coefficient (Wildman–Crippen LogP) is 2.14. The van der Waals surface area contributed by atoms with Crippen LogP contribution in [0.1, 0.15) is 18.9 Å². The molecule has 1 aromatic rings. The number of carbonyl (C=O) groups excluding carboxylic acids is 1. The first-order valence-corrected chi connectivity index (χ1v) is 10.3. The molecule has 0 atom stereocenters. The third kappa shape index (κ3) is 5.27. The van der Waals surface area contributed by atoms with Crippen LogP contribution < -0.4 is 4.90 Å². The molecule has 1 N–H and O–H groups in total. The van der Waals surface area contributed by atoms with E-state index in [4.69, 9.17) is 17.0 Å². The molecule has 0 unspecified atom stereocenters. The zero-order chi connectivity index (χ0) is 18.4. The van der Waals surface area contributed by atoms with Crippen LogP contribution in [0, 0.1) is 0 Å². The van der Waals surface area contributed by atoms with Crippen LogP contribution in [0.2, 0.25) is 0 Å². The summed E-state index contributed by atoms with van der Waals surface area (Å²) in [5, 5.41) is 0. The van der Waals surface area contributed by atoms with Gasteiger partial charge in [-0.2, -0.15) is 0 Å². The molecular formula is C20H25N2O2S2+. The van der Waals surface area contributed by atoms with Crippen molar-refractivity contribution in [1.29, 1.82) is 0 Å². The summed E-state index contributed by atoms with van der Waals surface area (Å²) in [4.78, 5) is 16.7. The maximum absolute atomic E-state index is 12.7. The Balaban J connectivity index is 1.56. The summed E-state index contributed by atoms with van der Waals surface area (Å²) in [5.74, 6) is 0.0396. The van der Waals surface area contributed by atoms with Crippen molar-refractivity contribution in [3.05, 3.63) is 52.4 Å². The zero-order valence-electron chi connectivity index (χ0n) is 15.1. The fraction of sp³-hybridized carbons (Fsp3) is 0.400. The predicted molar refractivity (Wildman–Crippen MR) is 111 cm³/mol. The van der Waals surface area contributed by atoms with E-state index in [2.05, 4.69) is 18.2 Å². The number of nitrogens with one attached hydrogen (secondary N) is 1. The van der Waals surface area contributed by atoms with E-state index < -0.39 is 0 Å². The number of rotatable bonds is 6. The first kappa shape index (κ1) is 19.3. The first-order chi connectivity index (χ1) is 12.6. The molecule has 0 radical (unpaired) electrons. The van der Waals surface area contributed by atoms with E-state index in [0.717, 1.165) is 55.3 Å². The fourth-order valence-electron chi connectivity index (χ4n) is 3.15. The van der Waals surface area contributed by atoms with E-state index >= 15 is 0 Å². The number of carbonyl (C=O) groups is 1. The summed E-state index contributed by atoms with van der Waals surface area (Å²) in [6, 6.07) is 10.1. The van der Waals surface area contributed by atoms with Crippen LogP contribution in [0.5, 0.6) is 0 Å². The summed E-state index contributed by atoms with van der Waals surface area (Å²) in [5.41, 5.74) is 2.18. The summed E-state index contributed by atoms with van der Waals surface area (Å²) in [6.45, 7) is 7.57. The van der Waals surface area contributed by atoms with Crippen molar-refractivity contribution in [2.75, 3.05) is 39.4 Å². The van der Waals surface area contributed by atoms with Crippen molar-refractivity contribution < 1.29 is 14.4 Å². The summed E-state index contributed by atoms with van der Waals surface area (Å²) in [7, 11) is 0. The minimum absolute atomic E-state index is 0.0396. The van der Waals surface area contributed by atoms with Gasteiger partial charge in [0.05, 0.1) is 24.7 Å². The van der Waals surface area contributed by atoms with Gasteiger partial charge in [0.25, 0.3) is 5.91 Å². The maximum atomic E-state index is 12.7. The van der Waals surface area contributed by atoms with Crippen LogP contribution in [0.3, 0.4) is 0 Å². The molecule has 4 nitrogen and oxygen atoms in total. The third-order valence-electron chi connectivity index (χ3n) is 4.54. The Morgan fingerprint density at radius 1 is 1.31 bits per heavy atom. The second-order valence-corrected chi connectivity index (χ2v) is 8.27. The molecule has 138 valence electrons. The zero-order valence-corrected chi connectivity index (χ0v) is 16.7. The van der Waals surface area contributed by atoms with Gasteiger partial charge in [0.2, 0.25) is 0 Å². The number of hydrogen-bond donors (Lipinski definition) is 1. The maximum Gasteiger partial charge on any atom is 0.266 e. The number of benzene rings is 1. The smallest absolute Gasteiger partial charge is 0.266 e. The Hall–Kier alpha value is -1.47. The molecule has 1 amide bonds. The molecule has 0 spiro atoms. The van der Waals surface area contributed by atoms with Crippen molar-refractivity contribution in [2.24, 2.45) is 0 Å². The minimum Gasteiger partial charge on any atom is -0.370 e. The molecule has 3 rings (SSSR count). The highest BCUT2D eigenvalue weighted by atomic mass is 32.2. The van der Waals surface area contributed by atoms with Gasteiger partial charge in [-0.25, -0.2) is 0 Å². The highest BCUT2D eigenvalue weighted by Gasteiger charge is 2.31.